The first-order chi connectivity index (χ1) is 17.9. The number of aliphatic hydroxyl groups excluding tert-OH is 1. The van der Waals surface area contributed by atoms with Crippen molar-refractivity contribution in [2.75, 3.05) is 13.1 Å². The van der Waals surface area contributed by atoms with Crippen LogP contribution in [0, 0.1) is 0 Å². The summed E-state index contributed by atoms with van der Waals surface area (Å²) in [6, 6.07) is 4.92. The third-order valence-corrected chi connectivity index (χ3v) is 6.50. The van der Waals surface area contributed by atoms with Crippen molar-refractivity contribution < 1.29 is 42.6 Å². The van der Waals surface area contributed by atoms with Gasteiger partial charge in [0.15, 0.2) is 0 Å². The fraction of sp³-hybridized carbons (Fsp3) is 0.478. The average Bonchev–Trinajstić information content (AvgIpc) is 3.45. The number of likely N-dealkylation sites (tertiary alicyclic amines) is 1. The number of alkyl halides is 3. The predicted molar refractivity (Wildman–Crippen MR) is 122 cm³/mol. The van der Waals surface area contributed by atoms with E-state index in [1.807, 2.05) is 18.3 Å². The number of carboxylic acids is 1. The van der Waals surface area contributed by atoms with Gasteiger partial charge in [0.25, 0.3) is 5.91 Å². The van der Waals surface area contributed by atoms with Crippen LogP contribution in [0.4, 0.5) is 13.2 Å². The number of piperidine rings is 2. The Balaban J connectivity index is 0.000000426. The van der Waals surface area contributed by atoms with Crippen LogP contribution in [0.5, 0.6) is 0 Å². The number of amides is 3. The van der Waals surface area contributed by atoms with Crippen molar-refractivity contribution in [2.45, 2.75) is 57.1 Å². The lowest BCUT2D eigenvalue weighted by molar-refractivity contribution is -0.192. The molecule has 0 radical (unpaired) electrons. The zero-order valence-corrected chi connectivity index (χ0v) is 20.0. The van der Waals surface area contributed by atoms with Crippen molar-refractivity contribution in [2.24, 2.45) is 0 Å². The number of carbonyl (C=O) groups is 4. The number of rotatable bonds is 4. The van der Waals surface area contributed by atoms with E-state index in [4.69, 9.17) is 9.90 Å². The maximum Gasteiger partial charge on any atom is 0.490 e. The van der Waals surface area contributed by atoms with Gasteiger partial charge in [0, 0.05) is 38.2 Å². The lowest BCUT2D eigenvalue weighted by Crippen LogP contribution is -2.52. The number of carbonyl (C=O) groups excluding carboxylic acids is 3. The first-order valence-corrected chi connectivity index (χ1v) is 11.8. The molecular weight excluding hydrogens is 513 g/mol. The van der Waals surface area contributed by atoms with Gasteiger partial charge in [0.05, 0.1) is 23.7 Å². The molecule has 2 fully saturated rings. The topological polar surface area (TPSA) is 158 Å². The predicted octanol–water partition coefficient (Wildman–Crippen LogP) is 0.618. The molecule has 3 N–H and O–H groups in total. The summed E-state index contributed by atoms with van der Waals surface area (Å²) in [5, 5.41) is 27.6. The summed E-state index contributed by atoms with van der Waals surface area (Å²) in [5.74, 6) is -3.68. The third kappa shape index (κ3) is 6.16. The van der Waals surface area contributed by atoms with Crippen molar-refractivity contribution in [3.63, 3.8) is 0 Å². The Hall–Kier alpha value is -3.85. The Morgan fingerprint density at radius 1 is 1.13 bits per heavy atom. The fourth-order valence-corrected chi connectivity index (χ4v) is 4.49. The SMILES string of the molecule is O=C(O)C(F)(F)F.O=C1CCC(N2Cc3ccc(-n4cc(CN5CCC(O)CC5)nn4)cc3C2=O)C(=O)N1. The Bertz CT molecular complexity index is 1240. The summed E-state index contributed by atoms with van der Waals surface area (Å²) < 4.78 is 33.4. The van der Waals surface area contributed by atoms with Crippen molar-refractivity contribution >= 4 is 23.7 Å². The van der Waals surface area contributed by atoms with Gasteiger partial charge in [-0.1, -0.05) is 11.3 Å². The smallest absolute Gasteiger partial charge is 0.475 e. The second-order valence-electron chi connectivity index (χ2n) is 9.21. The van der Waals surface area contributed by atoms with Crippen LogP contribution in [0.15, 0.2) is 24.4 Å². The molecule has 15 heteroatoms. The van der Waals surface area contributed by atoms with E-state index in [0.29, 0.717) is 25.1 Å². The van der Waals surface area contributed by atoms with E-state index in [1.54, 1.807) is 10.7 Å². The molecule has 0 bridgehead atoms. The first kappa shape index (κ1) is 27.2. The van der Waals surface area contributed by atoms with Crippen molar-refractivity contribution in [3.05, 3.63) is 41.2 Å². The van der Waals surface area contributed by atoms with Crippen LogP contribution < -0.4 is 5.32 Å². The van der Waals surface area contributed by atoms with Crippen LogP contribution in [0.2, 0.25) is 0 Å². The molecule has 1 unspecified atom stereocenters. The van der Waals surface area contributed by atoms with Crippen LogP contribution in [0.3, 0.4) is 0 Å². The lowest BCUT2D eigenvalue weighted by atomic mass is 10.0. The van der Waals surface area contributed by atoms with Gasteiger partial charge in [-0.25, -0.2) is 9.48 Å². The van der Waals surface area contributed by atoms with Crippen molar-refractivity contribution in [1.82, 2.24) is 30.1 Å². The normalized spacial score (nSPS) is 20.6. The Kier molecular flexibility index (Phi) is 7.78. The van der Waals surface area contributed by atoms with Gasteiger partial charge in [0.1, 0.15) is 6.04 Å². The van der Waals surface area contributed by atoms with Gasteiger partial charge in [-0.3, -0.25) is 24.6 Å². The minimum absolute atomic E-state index is 0.210. The minimum atomic E-state index is -5.08. The number of benzene rings is 1. The molecule has 1 atom stereocenters. The summed E-state index contributed by atoms with van der Waals surface area (Å²) in [6.45, 7) is 2.68. The molecule has 2 saturated heterocycles. The van der Waals surface area contributed by atoms with Crippen LogP contribution in [-0.2, 0) is 27.5 Å². The van der Waals surface area contributed by atoms with E-state index in [0.717, 1.165) is 42.9 Å². The Morgan fingerprint density at radius 2 is 1.82 bits per heavy atom. The van der Waals surface area contributed by atoms with Crippen LogP contribution in [-0.4, -0.2) is 90.1 Å². The van der Waals surface area contributed by atoms with Gasteiger partial charge < -0.3 is 15.1 Å². The number of aliphatic hydroxyl groups is 1. The fourth-order valence-electron chi connectivity index (χ4n) is 4.49. The molecule has 0 spiro atoms. The molecule has 12 nitrogen and oxygen atoms in total. The van der Waals surface area contributed by atoms with Gasteiger partial charge in [0.2, 0.25) is 11.8 Å². The number of aliphatic carboxylic acids is 1. The summed E-state index contributed by atoms with van der Waals surface area (Å²) >= 11 is 0. The van der Waals surface area contributed by atoms with E-state index >= 15 is 0 Å². The van der Waals surface area contributed by atoms with Crippen LogP contribution >= 0.6 is 0 Å². The third-order valence-electron chi connectivity index (χ3n) is 6.50. The van der Waals surface area contributed by atoms with E-state index < -0.39 is 24.1 Å². The maximum absolute atomic E-state index is 13.0. The molecule has 2 aromatic rings. The molecular formula is C23H25F3N6O6. The largest absolute Gasteiger partial charge is 0.490 e. The number of imide groups is 1. The number of halogens is 3. The molecule has 4 heterocycles. The van der Waals surface area contributed by atoms with Gasteiger partial charge >= 0.3 is 12.1 Å². The zero-order valence-electron chi connectivity index (χ0n) is 20.0. The second kappa shape index (κ2) is 10.9. The summed E-state index contributed by atoms with van der Waals surface area (Å²) in [6.07, 6.45) is -1.33. The molecule has 38 heavy (non-hydrogen) atoms. The molecule has 1 aromatic heterocycles. The number of nitrogens with one attached hydrogen (secondary N) is 1. The zero-order chi connectivity index (χ0) is 27.6. The van der Waals surface area contributed by atoms with Crippen molar-refractivity contribution in [3.8, 4) is 5.69 Å². The number of hydrogen-bond donors (Lipinski definition) is 3. The molecule has 0 saturated carbocycles. The van der Waals surface area contributed by atoms with Crippen LogP contribution in [0.1, 0.15) is 47.3 Å². The lowest BCUT2D eigenvalue weighted by Gasteiger charge is -2.29. The highest BCUT2D eigenvalue weighted by molar-refractivity contribution is 6.05. The highest BCUT2D eigenvalue weighted by Crippen LogP contribution is 2.29. The first-order valence-electron chi connectivity index (χ1n) is 11.8. The molecule has 1 aromatic carbocycles. The monoisotopic (exact) mass is 538 g/mol. The molecule has 3 amide bonds. The van der Waals surface area contributed by atoms with Gasteiger partial charge in [-0.05, 0) is 37.0 Å². The van der Waals surface area contributed by atoms with Gasteiger partial charge in [-0.15, -0.1) is 5.10 Å². The number of aromatic nitrogens is 3. The molecule has 3 aliphatic rings. The van der Waals surface area contributed by atoms with E-state index in [-0.39, 0.29) is 24.3 Å². The standard InChI is InChI=1S/C21H24N6O4.C2HF3O2/c28-16-5-7-25(8-6-16)11-14-12-27(24-23-14)15-2-1-13-10-26(21(31)17(13)9-15)18-3-4-19(29)22-20(18)30;3-2(4,5)1(6)7/h1-2,9,12,16,18,28H,3-8,10-11H2,(H,22,29,30);(H,6,7). The quantitative estimate of drug-likeness (QED) is 0.475. The Morgan fingerprint density at radius 3 is 2.45 bits per heavy atom. The number of nitrogens with zero attached hydrogens (tertiary/aromatic N) is 5. The summed E-state index contributed by atoms with van der Waals surface area (Å²) in [7, 11) is 0. The maximum atomic E-state index is 13.0. The van der Waals surface area contributed by atoms with Crippen LogP contribution in [0.25, 0.3) is 5.69 Å². The average molecular weight is 538 g/mol. The minimum Gasteiger partial charge on any atom is -0.475 e. The van der Waals surface area contributed by atoms with Crippen molar-refractivity contribution in [1.29, 1.82) is 0 Å². The Labute approximate surface area is 214 Å². The van der Waals surface area contributed by atoms with E-state index in [9.17, 15) is 32.7 Å². The summed E-state index contributed by atoms with van der Waals surface area (Å²) in [5.41, 5.74) is 2.95. The molecule has 3 aliphatic heterocycles. The number of hydrogen-bond acceptors (Lipinski definition) is 8. The van der Waals surface area contributed by atoms with Gasteiger partial charge in [-0.2, -0.15) is 13.2 Å². The highest BCUT2D eigenvalue weighted by atomic mass is 19.4. The number of carboxylic acid groups (broad SMARTS) is 1. The summed E-state index contributed by atoms with van der Waals surface area (Å²) in [4.78, 5) is 49.3. The molecule has 5 rings (SSSR count). The second-order valence-corrected chi connectivity index (χ2v) is 9.21. The molecule has 0 aliphatic carbocycles. The van der Waals surface area contributed by atoms with E-state index in [2.05, 4.69) is 20.5 Å². The highest BCUT2D eigenvalue weighted by Gasteiger charge is 2.39. The molecule has 204 valence electrons. The van der Waals surface area contributed by atoms with E-state index in [1.165, 1.54) is 4.90 Å². The number of fused-ring (bicyclic) bond motifs is 1.